The molecular formula is C12H28O4P2Zn. The molecule has 0 saturated carbocycles. The summed E-state index contributed by atoms with van der Waals surface area (Å²) < 4.78 is 22.1. The first-order valence-electron chi connectivity index (χ1n) is 6.38. The van der Waals surface area contributed by atoms with Gasteiger partial charge < -0.3 is 18.9 Å². The van der Waals surface area contributed by atoms with Crippen molar-refractivity contribution in [2.45, 2.75) is 78.0 Å². The summed E-state index contributed by atoms with van der Waals surface area (Å²) in [5.41, 5.74) is -0.843. The van der Waals surface area contributed by atoms with E-state index in [1.807, 2.05) is 0 Å². The maximum atomic E-state index is 11.1. The van der Waals surface area contributed by atoms with Crippen LogP contribution in [0.15, 0.2) is 0 Å². The van der Waals surface area contributed by atoms with E-state index in [2.05, 4.69) is 0 Å². The van der Waals surface area contributed by atoms with Crippen LogP contribution in [0.3, 0.4) is 0 Å². The van der Waals surface area contributed by atoms with Gasteiger partial charge >= 0.3 is 19.5 Å². The zero-order valence-corrected chi connectivity index (χ0v) is 18.3. The van der Waals surface area contributed by atoms with E-state index in [4.69, 9.17) is 0 Å². The van der Waals surface area contributed by atoms with Gasteiger partial charge in [0, 0.05) is 14.7 Å². The molecule has 0 aliphatic heterocycles. The zero-order valence-electron chi connectivity index (χ0n) is 13.5. The standard InChI is InChI=1S/2C6H15O2P.Zn/c2*1-5(2)9(7,8)6(3)4;/h2*5-6H,1-4H3,(H,7,8);/q;;+2/p-2. The molecule has 19 heavy (non-hydrogen) atoms. The summed E-state index contributed by atoms with van der Waals surface area (Å²) in [6.07, 6.45) is 0. The van der Waals surface area contributed by atoms with Gasteiger partial charge in [-0.15, -0.1) is 0 Å². The molecule has 0 bridgehead atoms. The Labute approximate surface area is 131 Å². The predicted molar refractivity (Wildman–Crippen MR) is 75.8 cm³/mol. The van der Waals surface area contributed by atoms with Crippen LogP contribution in [0.2, 0.25) is 0 Å². The van der Waals surface area contributed by atoms with Crippen LogP contribution in [0.1, 0.15) is 55.4 Å². The Morgan fingerprint density at radius 3 is 0.684 bits per heavy atom. The van der Waals surface area contributed by atoms with Gasteiger partial charge in [-0.25, -0.2) is 0 Å². The third-order valence-electron chi connectivity index (χ3n) is 2.88. The van der Waals surface area contributed by atoms with Gasteiger partial charge in [-0.1, -0.05) is 55.4 Å². The van der Waals surface area contributed by atoms with Crippen LogP contribution in [0, 0.1) is 0 Å². The van der Waals surface area contributed by atoms with Gasteiger partial charge in [0.1, 0.15) is 0 Å². The first-order valence-corrected chi connectivity index (χ1v) is 9.91. The average Bonchev–Trinajstić information content (AvgIpc) is 2.17. The minimum absolute atomic E-state index is 0. The van der Waals surface area contributed by atoms with Crippen molar-refractivity contribution in [3.05, 3.63) is 0 Å². The number of hydrogen-bond donors (Lipinski definition) is 0. The second-order valence-electron chi connectivity index (χ2n) is 5.67. The van der Waals surface area contributed by atoms with E-state index >= 15 is 0 Å². The third-order valence-corrected chi connectivity index (χ3v) is 8.64. The minimum Gasteiger partial charge on any atom is -0.799 e. The smallest absolute Gasteiger partial charge is 0.799 e. The van der Waals surface area contributed by atoms with Gasteiger partial charge in [-0.3, -0.25) is 0 Å². The van der Waals surface area contributed by atoms with Crippen molar-refractivity contribution >= 4 is 14.7 Å². The molecule has 0 amide bonds. The Morgan fingerprint density at radius 2 is 0.684 bits per heavy atom. The fourth-order valence-corrected chi connectivity index (χ4v) is 3.58. The molecule has 4 nitrogen and oxygen atoms in total. The molecule has 0 aromatic rings. The second-order valence-corrected chi connectivity index (χ2v) is 12.4. The Hall–Kier alpha value is 1.00. The topological polar surface area (TPSA) is 80.3 Å². The molecule has 0 aromatic carbocycles. The SMILES string of the molecule is CC(C)P(=O)([O-])C(C)C.CC(C)P(=O)([O-])C(C)C.[Zn+2]. The maximum absolute atomic E-state index is 11.1. The first kappa shape index (κ1) is 25.0. The van der Waals surface area contributed by atoms with Crippen molar-refractivity contribution in [3.63, 3.8) is 0 Å². The predicted octanol–water partition coefficient (Wildman–Crippen LogP) is 2.88. The van der Waals surface area contributed by atoms with Crippen LogP contribution in [-0.4, -0.2) is 22.6 Å². The van der Waals surface area contributed by atoms with Gasteiger partial charge in [0.25, 0.3) is 0 Å². The molecule has 0 saturated heterocycles. The Balaban J connectivity index is -0.000000256. The molecule has 0 radical (unpaired) electrons. The summed E-state index contributed by atoms with van der Waals surface area (Å²) in [6, 6.07) is 0. The second kappa shape index (κ2) is 9.85. The van der Waals surface area contributed by atoms with Gasteiger partial charge in [0.15, 0.2) is 0 Å². The van der Waals surface area contributed by atoms with E-state index in [1.54, 1.807) is 55.4 Å². The van der Waals surface area contributed by atoms with E-state index in [0.29, 0.717) is 0 Å². The Kier molecular flexibility index (Phi) is 13.0. The molecule has 0 N–H and O–H groups in total. The van der Waals surface area contributed by atoms with Crippen molar-refractivity contribution in [3.8, 4) is 0 Å². The molecule has 0 heterocycles. The van der Waals surface area contributed by atoms with Crippen molar-refractivity contribution in [1.29, 1.82) is 0 Å². The van der Waals surface area contributed by atoms with Crippen LogP contribution >= 0.6 is 14.7 Å². The van der Waals surface area contributed by atoms with Gasteiger partial charge in [-0.05, 0) is 22.6 Å². The Bertz CT molecular complexity index is 272. The summed E-state index contributed by atoms with van der Waals surface area (Å²) in [5.74, 6) is 0. The van der Waals surface area contributed by atoms with Gasteiger partial charge in [0.2, 0.25) is 0 Å². The van der Waals surface area contributed by atoms with Crippen molar-refractivity contribution in [1.82, 2.24) is 0 Å². The summed E-state index contributed by atoms with van der Waals surface area (Å²) in [7, 11) is -6.17. The van der Waals surface area contributed by atoms with Crippen LogP contribution in [-0.2, 0) is 28.6 Å². The molecule has 0 unspecified atom stereocenters. The first-order chi connectivity index (χ1) is 7.77. The zero-order chi connectivity index (χ0) is 15.3. The number of hydrogen-bond acceptors (Lipinski definition) is 4. The summed E-state index contributed by atoms with van der Waals surface area (Å²) in [6.45, 7) is 13.7. The average molecular weight is 364 g/mol. The van der Waals surface area contributed by atoms with E-state index in [1.165, 1.54) is 0 Å². The molecule has 0 spiro atoms. The van der Waals surface area contributed by atoms with E-state index in [9.17, 15) is 18.9 Å². The molecule has 0 atom stereocenters. The molecule has 0 aliphatic carbocycles. The van der Waals surface area contributed by atoms with E-state index in [0.717, 1.165) is 0 Å². The molecule has 7 heteroatoms. The van der Waals surface area contributed by atoms with Crippen LogP contribution in [0.4, 0.5) is 0 Å². The van der Waals surface area contributed by atoms with Crippen LogP contribution in [0.25, 0.3) is 0 Å². The fraction of sp³-hybridized carbons (Fsp3) is 1.00. The Morgan fingerprint density at radius 1 is 0.579 bits per heavy atom. The normalized spacial score (nSPS) is 12.5. The molecule has 0 aliphatic rings. The van der Waals surface area contributed by atoms with E-state index < -0.39 is 14.7 Å². The minimum atomic E-state index is -3.09. The quantitative estimate of drug-likeness (QED) is 0.568. The van der Waals surface area contributed by atoms with Crippen LogP contribution in [0.5, 0.6) is 0 Å². The third kappa shape index (κ3) is 8.79. The summed E-state index contributed by atoms with van der Waals surface area (Å²) in [5, 5.41) is 0. The molecule has 0 fully saturated rings. The fourth-order valence-electron chi connectivity index (χ4n) is 1.19. The largest absolute Gasteiger partial charge is 2.00 e. The monoisotopic (exact) mass is 362 g/mol. The van der Waals surface area contributed by atoms with Gasteiger partial charge in [-0.2, -0.15) is 0 Å². The number of rotatable bonds is 4. The van der Waals surface area contributed by atoms with E-state index in [-0.39, 0.29) is 42.1 Å². The van der Waals surface area contributed by atoms with Crippen LogP contribution < -0.4 is 9.79 Å². The summed E-state index contributed by atoms with van der Waals surface area (Å²) >= 11 is 0. The van der Waals surface area contributed by atoms with Gasteiger partial charge in [0.05, 0.1) is 0 Å². The van der Waals surface area contributed by atoms with Crippen molar-refractivity contribution in [2.24, 2.45) is 0 Å². The molecule has 112 valence electrons. The molecule has 0 aromatic heterocycles. The maximum Gasteiger partial charge on any atom is 2.00 e. The molecular weight excluding hydrogens is 335 g/mol. The van der Waals surface area contributed by atoms with Crippen molar-refractivity contribution in [2.75, 3.05) is 0 Å². The summed E-state index contributed by atoms with van der Waals surface area (Å²) in [4.78, 5) is 22.1. The van der Waals surface area contributed by atoms with Crippen molar-refractivity contribution < 1.29 is 38.4 Å². The molecule has 0 rings (SSSR count).